The SMILES string of the molecule is C=Nc1c(-c2ccc(C=O)cc2)nc(Cl)nc1N(C)c1ccccc1. The number of para-hydroxylation sites is 1. The van der Waals surface area contributed by atoms with Gasteiger partial charge in [-0.2, -0.15) is 4.98 Å². The molecule has 6 heteroatoms. The van der Waals surface area contributed by atoms with E-state index in [1.165, 1.54) is 0 Å². The van der Waals surface area contributed by atoms with Crippen LogP contribution in [0.5, 0.6) is 0 Å². The smallest absolute Gasteiger partial charge is 0.225 e. The summed E-state index contributed by atoms with van der Waals surface area (Å²) < 4.78 is 0. The standard InChI is InChI=1S/C19H15ClN4O/c1-21-17-16(14-10-8-13(12-25)9-11-14)22-19(20)23-18(17)24(2)15-6-4-3-5-7-15/h3-12H,1H2,2H3. The Morgan fingerprint density at radius 1 is 1.08 bits per heavy atom. The molecular formula is C19H15ClN4O. The van der Waals surface area contributed by atoms with Crippen molar-refractivity contribution in [2.45, 2.75) is 0 Å². The van der Waals surface area contributed by atoms with Gasteiger partial charge in [0.25, 0.3) is 0 Å². The first kappa shape index (κ1) is 16.8. The summed E-state index contributed by atoms with van der Waals surface area (Å²) in [5.41, 5.74) is 3.38. The van der Waals surface area contributed by atoms with Gasteiger partial charge in [-0.15, -0.1) is 0 Å². The zero-order chi connectivity index (χ0) is 17.8. The first-order valence-electron chi connectivity index (χ1n) is 7.52. The quantitative estimate of drug-likeness (QED) is 0.380. The van der Waals surface area contributed by atoms with Gasteiger partial charge in [-0.1, -0.05) is 42.5 Å². The Labute approximate surface area is 150 Å². The molecule has 1 heterocycles. The number of aliphatic imine (C=N–C) groups is 1. The van der Waals surface area contributed by atoms with Crippen molar-refractivity contribution in [2.75, 3.05) is 11.9 Å². The molecule has 0 fully saturated rings. The molecule has 0 aliphatic rings. The summed E-state index contributed by atoms with van der Waals surface area (Å²) in [4.78, 5) is 25.5. The summed E-state index contributed by atoms with van der Waals surface area (Å²) in [5, 5.41) is 0.111. The molecule has 124 valence electrons. The van der Waals surface area contributed by atoms with Gasteiger partial charge in [0.2, 0.25) is 5.28 Å². The van der Waals surface area contributed by atoms with Crippen LogP contribution in [0.4, 0.5) is 17.2 Å². The number of hydrogen-bond acceptors (Lipinski definition) is 5. The van der Waals surface area contributed by atoms with Crippen LogP contribution in [0.1, 0.15) is 10.4 Å². The number of nitrogens with zero attached hydrogens (tertiary/aromatic N) is 4. The molecule has 3 rings (SSSR count). The van der Waals surface area contributed by atoms with Crippen molar-refractivity contribution < 1.29 is 4.79 Å². The van der Waals surface area contributed by atoms with Crippen LogP contribution in [0.15, 0.2) is 59.6 Å². The highest BCUT2D eigenvalue weighted by Gasteiger charge is 2.18. The van der Waals surface area contributed by atoms with Gasteiger partial charge in [-0.05, 0) is 30.5 Å². The average Bonchev–Trinajstić information content (AvgIpc) is 2.67. The molecule has 25 heavy (non-hydrogen) atoms. The number of aromatic nitrogens is 2. The van der Waals surface area contributed by atoms with Crippen molar-refractivity contribution in [3.05, 3.63) is 65.4 Å². The average molecular weight is 351 g/mol. The number of rotatable bonds is 5. The minimum atomic E-state index is 0.111. The number of carbonyl (C=O) groups excluding carboxylic acids is 1. The van der Waals surface area contributed by atoms with Gasteiger partial charge in [-0.25, -0.2) is 4.98 Å². The molecule has 0 bridgehead atoms. The maximum atomic E-state index is 10.8. The predicted octanol–water partition coefficient (Wildman–Crippen LogP) is 4.71. The van der Waals surface area contributed by atoms with E-state index in [4.69, 9.17) is 11.6 Å². The number of halogens is 1. The summed E-state index contributed by atoms with van der Waals surface area (Å²) in [6, 6.07) is 16.8. The van der Waals surface area contributed by atoms with Crippen molar-refractivity contribution in [3.63, 3.8) is 0 Å². The van der Waals surface area contributed by atoms with Gasteiger partial charge in [-0.3, -0.25) is 9.79 Å². The second-order valence-electron chi connectivity index (χ2n) is 5.31. The molecule has 0 spiro atoms. The van der Waals surface area contributed by atoms with Crippen LogP contribution in [0.3, 0.4) is 0 Å². The van der Waals surface area contributed by atoms with E-state index < -0.39 is 0 Å². The predicted molar refractivity (Wildman–Crippen MR) is 102 cm³/mol. The van der Waals surface area contributed by atoms with E-state index in [9.17, 15) is 4.79 Å². The van der Waals surface area contributed by atoms with E-state index >= 15 is 0 Å². The highest BCUT2D eigenvalue weighted by Crippen LogP contribution is 2.38. The lowest BCUT2D eigenvalue weighted by Crippen LogP contribution is -2.12. The number of anilines is 2. The van der Waals surface area contributed by atoms with Crippen molar-refractivity contribution in [1.82, 2.24) is 9.97 Å². The van der Waals surface area contributed by atoms with E-state index in [2.05, 4.69) is 21.7 Å². The third-order valence-corrected chi connectivity index (χ3v) is 3.95. The molecule has 0 radical (unpaired) electrons. The molecule has 1 aromatic heterocycles. The van der Waals surface area contributed by atoms with E-state index in [1.54, 1.807) is 24.3 Å². The minimum absolute atomic E-state index is 0.111. The third kappa shape index (κ3) is 3.41. The summed E-state index contributed by atoms with van der Waals surface area (Å²) in [7, 11) is 1.88. The highest BCUT2D eigenvalue weighted by molar-refractivity contribution is 6.28. The molecule has 0 unspecified atom stereocenters. The lowest BCUT2D eigenvalue weighted by atomic mass is 10.1. The molecule has 0 saturated carbocycles. The fourth-order valence-corrected chi connectivity index (χ4v) is 2.66. The molecule has 5 nitrogen and oxygen atoms in total. The van der Waals surface area contributed by atoms with Crippen LogP contribution in [0.25, 0.3) is 11.3 Å². The molecule has 0 amide bonds. The molecule has 2 aromatic carbocycles. The zero-order valence-corrected chi connectivity index (χ0v) is 14.3. The van der Waals surface area contributed by atoms with E-state index in [0.717, 1.165) is 17.5 Å². The Hall–Kier alpha value is -3.05. The Morgan fingerprint density at radius 2 is 1.76 bits per heavy atom. The Kier molecular flexibility index (Phi) is 4.86. The summed E-state index contributed by atoms with van der Waals surface area (Å²) >= 11 is 6.15. The van der Waals surface area contributed by atoms with Gasteiger partial charge in [0.1, 0.15) is 17.7 Å². The number of aldehydes is 1. The van der Waals surface area contributed by atoms with Gasteiger partial charge in [0.15, 0.2) is 5.82 Å². The van der Waals surface area contributed by atoms with Crippen molar-refractivity contribution >= 4 is 41.8 Å². The minimum Gasteiger partial charge on any atom is -0.328 e. The lowest BCUT2D eigenvalue weighted by Gasteiger charge is -2.21. The van der Waals surface area contributed by atoms with Crippen LogP contribution >= 0.6 is 11.6 Å². The molecule has 0 N–H and O–H groups in total. The van der Waals surface area contributed by atoms with Crippen LogP contribution < -0.4 is 4.90 Å². The monoisotopic (exact) mass is 350 g/mol. The molecule has 0 aliphatic heterocycles. The Bertz CT molecular complexity index is 911. The van der Waals surface area contributed by atoms with Crippen molar-refractivity contribution in [2.24, 2.45) is 4.99 Å². The fourth-order valence-electron chi connectivity index (χ4n) is 2.49. The maximum absolute atomic E-state index is 10.8. The second kappa shape index (κ2) is 7.23. The number of hydrogen-bond donors (Lipinski definition) is 0. The molecule has 3 aromatic rings. The largest absolute Gasteiger partial charge is 0.328 e. The molecule has 0 saturated heterocycles. The summed E-state index contributed by atoms with van der Waals surface area (Å²) in [6.45, 7) is 3.66. The number of carbonyl (C=O) groups is 1. The molecule has 0 aliphatic carbocycles. The van der Waals surface area contributed by atoms with Crippen LogP contribution in [-0.4, -0.2) is 30.0 Å². The van der Waals surface area contributed by atoms with Crippen molar-refractivity contribution in [1.29, 1.82) is 0 Å². The number of benzene rings is 2. The summed E-state index contributed by atoms with van der Waals surface area (Å²) in [5.74, 6) is 0.552. The van der Waals surface area contributed by atoms with Gasteiger partial charge in [0, 0.05) is 23.9 Å². The van der Waals surface area contributed by atoms with E-state index in [0.29, 0.717) is 22.8 Å². The molecule has 0 atom stereocenters. The summed E-state index contributed by atoms with van der Waals surface area (Å²) in [6.07, 6.45) is 0.790. The van der Waals surface area contributed by atoms with Crippen LogP contribution in [0, 0.1) is 0 Å². The Morgan fingerprint density at radius 3 is 2.36 bits per heavy atom. The van der Waals surface area contributed by atoms with Gasteiger partial charge >= 0.3 is 0 Å². The van der Waals surface area contributed by atoms with Crippen LogP contribution in [0.2, 0.25) is 5.28 Å². The fraction of sp³-hybridized carbons (Fsp3) is 0.0526. The third-order valence-electron chi connectivity index (χ3n) is 3.78. The van der Waals surface area contributed by atoms with Gasteiger partial charge < -0.3 is 4.90 Å². The first-order valence-corrected chi connectivity index (χ1v) is 7.90. The normalized spacial score (nSPS) is 10.3. The highest BCUT2D eigenvalue weighted by atomic mass is 35.5. The van der Waals surface area contributed by atoms with Gasteiger partial charge in [0.05, 0.1) is 0 Å². The zero-order valence-electron chi connectivity index (χ0n) is 13.6. The lowest BCUT2D eigenvalue weighted by molar-refractivity contribution is 0.112. The second-order valence-corrected chi connectivity index (χ2v) is 5.64. The van der Waals surface area contributed by atoms with Crippen molar-refractivity contribution in [3.8, 4) is 11.3 Å². The van der Waals surface area contributed by atoms with E-state index in [1.807, 2.05) is 42.3 Å². The van der Waals surface area contributed by atoms with E-state index in [-0.39, 0.29) is 5.28 Å². The van der Waals surface area contributed by atoms with Crippen LogP contribution in [-0.2, 0) is 0 Å². The Balaban J connectivity index is 2.15. The molecular weight excluding hydrogens is 336 g/mol. The first-order chi connectivity index (χ1) is 12.1. The maximum Gasteiger partial charge on any atom is 0.225 e. The topological polar surface area (TPSA) is 58.5 Å².